The average Bonchev–Trinajstić information content (AvgIpc) is 2.65. The second kappa shape index (κ2) is 3.96. The van der Waals surface area contributed by atoms with Crippen molar-refractivity contribution in [2.45, 2.75) is 18.2 Å². The molecule has 0 amide bonds. The third-order valence-corrected chi connectivity index (χ3v) is 3.86. The summed E-state index contributed by atoms with van der Waals surface area (Å²) in [5.41, 5.74) is 0. The number of ether oxygens (including phenoxy) is 1. The molecule has 14 heavy (non-hydrogen) atoms. The van der Waals surface area contributed by atoms with Gasteiger partial charge in [-0.15, -0.1) is 0 Å². The van der Waals surface area contributed by atoms with Gasteiger partial charge in [-0.2, -0.15) is 0 Å². The molecule has 0 radical (unpaired) electrons. The summed E-state index contributed by atoms with van der Waals surface area (Å²) in [6.45, 7) is 2.54. The number of hydrogen-bond donors (Lipinski definition) is 0. The van der Waals surface area contributed by atoms with Crippen LogP contribution in [0.25, 0.3) is 0 Å². The van der Waals surface area contributed by atoms with Crippen molar-refractivity contribution in [1.82, 2.24) is 0 Å². The molecule has 2 rings (SSSR count). The molecule has 1 heterocycles. The molecular formula is C11H12O2S. The van der Waals surface area contributed by atoms with Crippen LogP contribution in [0.15, 0.2) is 45.9 Å². The summed E-state index contributed by atoms with van der Waals surface area (Å²) >= 11 is 0. The van der Waals surface area contributed by atoms with Crippen LogP contribution in [-0.2, 0) is 15.5 Å². The van der Waals surface area contributed by atoms with Crippen LogP contribution in [0.5, 0.6) is 0 Å². The lowest BCUT2D eigenvalue weighted by Crippen LogP contribution is -1.95. The summed E-state index contributed by atoms with van der Waals surface area (Å²) in [4.78, 5) is 1.78. The summed E-state index contributed by atoms with van der Waals surface area (Å²) in [6.07, 6.45) is 0.785. The largest absolute Gasteiger partial charge is 0.497 e. The minimum Gasteiger partial charge on any atom is -0.497 e. The normalized spacial score (nSPS) is 18.1. The fourth-order valence-corrected chi connectivity index (χ4v) is 2.74. The predicted octanol–water partition coefficient (Wildman–Crippen LogP) is 2.45. The van der Waals surface area contributed by atoms with Crippen molar-refractivity contribution in [3.63, 3.8) is 0 Å². The van der Waals surface area contributed by atoms with Crippen molar-refractivity contribution in [1.29, 1.82) is 0 Å². The van der Waals surface area contributed by atoms with Crippen LogP contribution in [0.2, 0.25) is 0 Å². The van der Waals surface area contributed by atoms with E-state index < -0.39 is 10.8 Å². The van der Waals surface area contributed by atoms with Gasteiger partial charge in [0.15, 0.2) is 0 Å². The minimum absolute atomic E-state index is 0.666. The Morgan fingerprint density at radius 1 is 1.29 bits per heavy atom. The molecule has 0 aliphatic carbocycles. The van der Waals surface area contributed by atoms with E-state index >= 15 is 0 Å². The van der Waals surface area contributed by atoms with Crippen molar-refractivity contribution in [3.05, 3.63) is 41.0 Å². The van der Waals surface area contributed by atoms with Crippen LogP contribution in [-0.4, -0.2) is 10.8 Å². The van der Waals surface area contributed by atoms with Crippen LogP contribution < -0.4 is 0 Å². The standard InChI is InChI=1S/C11H12O2S/c1-9-11(7-8-13-9)14(12)10-5-3-2-4-6-10/h2-6H,7-8H2,1H3. The average molecular weight is 208 g/mol. The first-order valence-corrected chi connectivity index (χ1v) is 5.73. The maximum atomic E-state index is 12.0. The third-order valence-electron chi connectivity index (χ3n) is 2.22. The van der Waals surface area contributed by atoms with E-state index in [1.54, 1.807) is 0 Å². The van der Waals surface area contributed by atoms with E-state index in [0.717, 1.165) is 22.0 Å². The monoisotopic (exact) mass is 208 g/mol. The summed E-state index contributed by atoms with van der Waals surface area (Å²) in [5, 5.41) is 0. The summed E-state index contributed by atoms with van der Waals surface area (Å²) < 4.78 is 17.3. The molecule has 0 spiro atoms. The molecule has 0 saturated carbocycles. The van der Waals surface area contributed by atoms with E-state index in [1.807, 2.05) is 37.3 Å². The molecule has 0 bridgehead atoms. The Kier molecular flexibility index (Phi) is 2.68. The fourth-order valence-electron chi connectivity index (χ4n) is 1.46. The Hall–Kier alpha value is -1.09. The van der Waals surface area contributed by atoms with Crippen LogP contribution in [0.1, 0.15) is 13.3 Å². The van der Waals surface area contributed by atoms with Gasteiger partial charge in [0, 0.05) is 11.3 Å². The first-order valence-electron chi connectivity index (χ1n) is 4.58. The van der Waals surface area contributed by atoms with Gasteiger partial charge >= 0.3 is 0 Å². The van der Waals surface area contributed by atoms with Gasteiger partial charge in [0.25, 0.3) is 0 Å². The summed E-state index contributed by atoms with van der Waals surface area (Å²) in [5.74, 6) is 0.826. The SMILES string of the molecule is CC1=C(S(=O)c2ccccc2)CCO1. The van der Waals surface area contributed by atoms with Gasteiger partial charge in [0.2, 0.25) is 0 Å². The van der Waals surface area contributed by atoms with Crippen LogP contribution >= 0.6 is 0 Å². The number of rotatable bonds is 2. The molecule has 0 aromatic heterocycles. The highest BCUT2D eigenvalue weighted by atomic mass is 32.2. The molecule has 2 nitrogen and oxygen atoms in total. The Morgan fingerprint density at radius 2 is 2.00 bits per heavy atom. The van der Waals surface area contributed by atoms with Gasteiger partial charge in [-0.25, -0.2) is 4.21 Å². The lowest BCUT2D eigenvalue weighted by Gasteiger charge is -2.01. The van der Waals surface area contributed by atoms with Crippen molar-refractivity contribution in [3.8, 4) is 0 Å². The molecule has 1 unspecified atom stereocenters. The smallest absolute Gasteiger partial charge is 0.105 e. The minimum atomic E-state index is -1.03. The van der Waals surface area contributed by atoms with Crippen molar-refractivity contribution in [2.24, 2.45) is 0 Å². The molecule has 0 saturated heterocycles. The maximum absolute atomic E-state index is 12.0. The second-order valence-electron chi connectivity index (χ2n) is 3.16. The van der Waals surface area contributed by atoms with E-state index in [9.17, 15) is 4.21 Å². The number of benzene rings is 1. The fraction of sp³-hybridized carbons (Fsp3) is 0.273. The zero-order chi connectivity index (χ0) is 9.97. The van der Waals surface area contributed by atoms with E-state index in [0.29, 0.717) is 6.61 Å². The molecule has 1 aromatic rings. The first-order chi connectivity index (χ1) is 6.79. The highest BCUT2D eigenvalue weighted by Crippen LogP contribution is 2.25. The lowest BCUT2D eigenvalue weighted by atomic mass is 10.4. The van der Waals surface area contributed by atoms with Crippen LogP contribution in [0, 0.1) is 0 Å². The lowest BCUT2D eigenvalue weighted by molar-refractivity contribution is 0.246. The Labute approximate surface area is 86.0 Å². The zero-order valence-corrected chi connectivity index (χ0v) is 8.84. The molecule has 1 atom stereocenters. The highest BCUT2D eigenvalue weighted by Gasteiger charge is 2.19. The first kappa shape index (κ1) is 9.46. The number of allylic oxidation sites excluding steroid dienone is 1. The van der Waals surface area contributed by atoms with Crippen LogP contribution in [0.4, 0.5) is 0 Å². The number of hydrogen-bond acceptors (Lipinski definition) is 2. The molecule has 0 fully saturated rings. The van der Waals surface area contributed by atoms with Crippen molar-refractivity contribution >= 4 is 10.8 Å². The molecule has 1 aromatic carbocycles. The molecule has 74 valence electrons. The van der Waals surface area contributed by atoms with Gasteiger partial charge < -0.3 is 4.74 Å². The molecule has 0 N–H and O–H groups in total. The Bertz CT molecular complexity index is 382. The Balaban J connectivity index is 2.29. The van der Waals surface area contributed by atoms with Gasteiger partial charge in [0.05, 0.1) is 22.3 Å². The molecular weight excluding hydrogens is 196 g/mol. The van der Waals surface area contributed by atoms with Crippen molar-refractivity contribution < 1.29 is 8.95 Å². The van der Waals surface area contributed by atoms with E-state index in [1.165, 1.54) is 0 Å². The summed E-state index contributed by atoms with van der Waals surface area (Å²) in [7, 11) is -1.03. The molecule has 1 aliphatic heterocycles. The molecule has 3 heteroatoms. The molecule has 1 aliphatic rings. The highest BCUT2D eigenvalue weighted by molar-refractivity contribution is 7.89. The zero-order valence-electron chi connectivity index (χ0n) is 8.03. The van der Waals surface area contributed by atoms with Gasteiger partial charge in [-0.05, 0) is 19.1 Å². The van der Waals surface area contributed by atoms with Crippen LogP contribution in [0.3, 0.4) is 0 Å². The topological polar surface area (TPSA) is 26.3 Å². The summed E-state index contributed by atoms with van der Waals surface area (Å²) in [6, 6.07) is 9.49. The predicted molar refractivity (Wildman–Crippen MR) is 56.1 cm³/mol. The van der Waals surface area contributed by atoms with E-state index in [4.69, 9.17) is 4.74 Å². The van der Waals surface area contributed by atoms with E-state index in [-0.39, 0.29) is 0 Å². The van der Waals surface area contributed by atoms with Gasteiger partial charge in [-0.3, -0.25) is 0 Å². The van der Waals surface area contributed by atoms with Gasteiger partial charge in [0.1, 0.15) is 5.76 Å². The maximum Gasteiger partial charge on any atom is 0.105 e. The van der Waals surface area contributed by atoms with Crippen molar-refractivity contribution in [2.75, 3.05) is 6.61 Å². The second-order valence-corrected chi connectivity index (χ2v) is 4.66. The van der Waals surface area contributed by atoms with Gasteiger partial charge in [-0.1, -0.05) is 18.2 Å². The quantitative estimate of drug-likeness (QED) is 0.746. The third kappa shape index (κ3) is 1.73. The Morgan fingerprint density at radius 3 is 2.57 bits per heavy atom. The van der Waals surface area contributed by atoms with E-state index in [2.05, 4.69) is 0 Å².